The van der Waals surface area contributed by atoms with Crippen molar-refractivity contribution < 1.29 is 52.7 Å². The second kappa shape index (κ2) is 22.0. The highest BCUT2D eigenvalue weighted by Crippen LogP contribution is 2.46. The van der Waals surface area contributed by atoms with E-state index < -0.39 is 47.0 Å². The van der Waals surface area contributed by atoms with E-state index >= 15 is 0 Å². The molecule has 0 amide bonds. The average Bonchev–Trinajstić information content (AvgIpc) is 3.51. The van der Waals surface area contributed by atoms with E-state index in [1.54, 1.807) is 80.7 Å². The van der Waals surface area contributed by atoms with Crippen LogP contribution in [0.1, 0.15) is 77.1 Å². The van der Waals surface area contributed by atoms with Crippen LogP contribution in [0.2, 0.25) is 0 Å². The molecule has 0 aliphatic carbocycles. The number of hydrazine groups is 1. The van der Waals surface area contributed by atoms with E-state index in [1.165, 1.54) is 48.5 Å². The van der Waals surface area contributed by atoms with Gasteiger partial charge in [0, 0.05) is 49.8 Å². The van der Waals surface area contributed by atoms with Crippen molar-refractivity contribution in [1.29, 1.82) is 0 Å². The summed E-state index contributed by atoms with van der Waals surface area (Å²) in [5.74, 6) is 0. The number of benzene rings is 5. The maximum Gasteiger partial charge on any atom is 0.416 e. The summed E-state index contributed by atoms with van der Waals surface area (Å²) >= 11 is 0. The summed E-state index contributed by atoms with van der Waals surface area (Å²) in [6, 6.07) is 24.6. The highest BCUT2D eigenvalue weighted by molar-refractivity contribution is 6.02. The summed E-state index contributed by atoms with van der Waals surface area (Å²) in [5, 5.41) is 1.80. The Kier molecular flexibility index (Phi) is 15.4. The molecule has 5 aromatic rings. The first-order valence-corrected chi connectivity index (χ1v) is 24.8. The molecule has 0 saturated carbocycles. The fourth-order valence-electron chi connectivity index (χ4n) is 9.18. The van der Waals surface area contributed by atoms with Crippen LogP contribution in [0.3, 0.4) is 0 Å². The van der Waals surface area contributed by atoms with E-state index in [0.29, 0.717) is 85.3 Å². The quantitative estimate of drug-likeness (QED) is 0.0992. The molecular weight excluding hydrogens is 1030 g/mol. The Hall–Kier alpha value is -8.18. The monoisotopic (exact) mass is 1080 g/mol. The zero-order valence-electron chi connectivity index (χ0n) is 41.8. The molecule has 4 heterocycles. The fourth-order valence-corrected chi connectivity index (χ4v) is 9.18. The van der Waals surface area contributed by atoms with Gasteiger partial charge in [0.05, 0.1) is 45.0 Å². The van der Waals surface area contributed by atoms with Gasteiger partial charge in [-0.15, -0.1) is 0 Å². The van der Waals surface area contributed by atoms with Crippen LogP contribution in [0, 0.1) is 0 Å². The molecule has 1 N–H and O–H groups in total. The summed E-state index contributed by atoms with van der Waals surface area (Å²) in [5.41, 5.74) is 5.65. The summed E-state index contributed by atoms with van der Waals surface area (Å²) < 4.78 is 168. The van der Waals surface area contributed by atoms with Crippen LogP contribution in [0.5, 0.6) is 0 Å². The molecule has 4 aliphatic heterocycles. The maximum absolute atomic E-state index is 14.0. The maximum atomic E-state index is 14.0. The van der Waals surface area contributed by atoms with Gasteiger partial charge in [0.2, 0.25) is 0 Å². The third-order valence-electron chi connectivity index (χ3n) is 13.3. The number of unbranched alkanes of at least 4 members (excludes halogenated alkanes) is 3. The normalized spacial score (nSPS) is 16.3. The van der Waals surface area contributed by atoms with Gasteiger partial charge in [-0.25, -0.2) is 5.43 Å². The van der Waals surface area contributed by atoms with E-state index in [2.05, 4.69) is 12.3 Å². The zero-order valence-corrected chi connectivity index (χ0v) is 41.8. The summed E-state index contributed by atoms with van der Waals surface area (Å²) in [6.07, 6.45) is 7.07. The number of nitrogens with zero attached hydrogens (tertiary/aromatic N) is 4. The van der Waals surface area contributed by atoms with Gasteiger partial charge in [0.25, 0.3) is 0 Å². The molecule has 0 spiro atoms. The lowest BCUT2D eigenvalue weighted by Crippen LogP contribution is -2.30. The molecule has 4 aliphatic rings. The zero-order chi connectivity index (χ0) is 55.6. The second-order valence-corrected chi connectivity index (χ2v) is 18.7. The number of alkyl halides is 12. The second-order valence-electron chi connectivity index (χ2n) is 18.7. The first kappa shape index (κ1) is 54.6. The molecule has 5 nitrogen and oxygen atoms in total. The Morgan fingerprint density at radius 1 is 0.359 bits per heavy atom. The van der Waals surface area contributed by atoms with Crippen molar-refractivity contribution >= 4 is 34.2 Å². The molecule has 0 saturated heterocycles. The van der Waals surface area contributed by atoms with Crippen molar-refractivity contribution in [3.63, 3.8) is 0 Å². The predicted molar refractivity (Wildman–Crippen MR) is 281 cm³/mol. The van der Waals surface area contributed by atoms with Gasteiger partial charge >= 0.3 is 24.7 Å². The molecule has 0 fully saturated rings. The first-order valence-electron chi connectivity index (χ1n) is 24.8. The smallest absolute Gasteiger partial charge is 0.357 e. The molecule has 0 bridgehead atoms. The van der Waals surface area contributed by atoms with Crippen molar-refractivity contribution in [1.82, 2.24) is 15.3 Å². The van der Waals surface area contributed by atoms with Crippen molar-refractivity contribution in [3.05, 3.63) is 262 Å². The molecule has 0 radical (unpaired) electrons. The van der Waals surface area contributed by atoms with Gasteiger partial charge in [-0.2, -0.15) is 52.7 Å². The van der Waals surface area contributed by atoms with E-state index in [4.69, 9.17) is 0 Å². The van der Waals surface area contributed by atoms with Crippen molar-refractivity contribution in [2.24, 2.45) is 0 Å². The third kappa shape index (κ3) is 12.3. The van der Waals surface area contributed by atoms with Crippen LogP contribution in [-0.4, -0.2) is 23.5 Å². The van der Waals surface area contributed by atoms with Crippen molar-refractivity contribution in [2.45, 2.75) is 57.3 Å². The minimum Gasteiger partial charge on any atom is -0.357 e. The minimum absolute atomic E-state index is 0.315. The molecule has 0 aromatic heterocycles. The highest BCUT2D eigenvalue weighted by Gasteiger charge is 2.35. The number of allylic oxidation sites excluding steroid dienone is 12. The summed E-state index contributed by atoms with van der Waals surface area (Å²) in [4.78, 5) is 5.20. The first-order chi connectivity index (χ1) is 37.0. The predicted octanol–water partition coefficient (Wildman–Crippen LogP) is 17.6. The largest absolute Gasteiger partial charge is 0.416 e. The summed E-state index contributed by atoms with van der Waals surface area (Å²) in [7, 11) is 1.81. The molecule has 0 atom stereocenters. The van der Waals surface area contributed by atoms with Gasteiger partial charge in [-0.05, 0) is 172 Å². The molecule has 0 unspecified atom stereocenters. The lowest BCUT2D eigenvalue weighted by atomic mass is 9.93. The van der Waals surface area contributed by atoms with Gasteiger partial charge in [0.15, 0.2) is 0 Å². The van der Waals surface area contributed by atoms with E-state index in [1.807, 2.05) is 43.8 Å². The highest BCUT2D eigenvalue weighted by atomic mass is 19.4. The molecule has 78 heavy (non-hydrogen) atoms. The van der Waals surface area contributed by atoms with Crippen LogP contribution >= 0.6 is 0 Å². The van der Waals surface area contributed by atoms with Gasteiger partial charge in [0.1, 0.15) is 0 Å². The van der Waals surface area contributed by atoms with E-state index in [-0.39, 0.29) is 0 Å². The van der Waals surface area contributed by atoms with Crippen LogP contribution in [0.4, 0.5) is 64.1 Å². The Labute approximate surface area is 443 Å². The van der Waals surface area contributed by atoms with Crippen LogP contribution < -0.4 is 15.2 Å². The average molecular weight is 1080 g/mol. The number of halogens is 12. The van der Waals surface area contributed by atoms with Crippen LogP contribution in [0.15, 0.2) is 217 Å². The molecule has 9 rings (SSSR count). The van der Waals surface area contributed by atoms with Crippen molar-refractivity contribution in [2.75, 3.05) is 23.4 Å². The Bertz CT molecular complexity index is 3140. The lowest BCUT2D eigenvalue weighted by Gasteiger charge is -2.36. The third-order valence-corrected chi connectivity index (χ3v) is 13.3. The topological polar surface area (TPSA) is 25.0 Å². The SMILES string of the molecule is CCCCCCNN1C=CC(=C2C=C(c3ccc(C(F)(F)F)cc3)N(c3ccc(N4C(c5ccc(C(F)(F)F)cc5)=CC(=C5C=CN(C)C=C5)C=C4c4ccc(C(F)(F)F)cc4)cc3)C(c3ccc(C(F)(F)F)cc3)=C2)C=C1. The van der Waals surface area contributed by atoms with Crippen molar-refractivity contribution in [3.8, 4) is 0 Å². The number of anilines is 2. The Morgan fingerprint density at radius 3 is 0.936 bits per heavy atom. The number of hydrogen-bond donors (Lipinski definition) is 1. The molecule has 402 valence electrons. The molecule has 5 aromatic carbocycles. The van der Waals surface area contributed by atoms with Crippen LogP contribution in [-0.2, 0) is 24.7 Å². The van der Waals surface area contributed by atoms with Gasteiger partial charge in [-0.1, -0.05) is 74.7 Å². The number of nitrogens with one attached hydrogen (secondary N) is 1. The van der Waals surface area contributed by atoms with E-state index in [0.717, 1.165) is 74.2 Å². The fraction of sp³-hybridized carbons (Fsp3) is 0.180. The Morgan fingerprint density at radius 2 is 0.654 bits per heavy atom. The molecular formula is C61H49F12N5. The minimum atomic E-state index is -4.67. The number of rotatable bonds is 12. The lowest BCUT2D eigenvalue weighted by molar-refractivity contribution is -0.138. The summed E-state index contributed by atoms with van der Waals surface area (Å²) in [6.45, 7) is 2.84. The standard InChI is InChI=1S/C61H49F12N5/c1-3-4-5-6-31-74-76-34-29-41(30-35-76)47-38-56(44-11-19-50(20-12-44)60(68,69)70)78(57(39-47)45-13-21-51(22-14-45)61(71,72)73)53-25-23-52(24-26-53)77-54(42-7-15-48(16-8-42)58(62,63)64)36-46(40-27-32-75(2)33-28-40)37-55(77)43-9-17-49(18-10-43)59(65,66)67/h7-30,32-39,74H,3-6,31H2,1-2H3. The van der Waals surface area contributed by atoms with E-state index in [9.17, 15) is 52.7 Å². The Balaban J connectivity index is 1.21. The van der Waals surface area contributed by atoms with Crippen LogP contribution in [0.25, 0.3) is 22.8 Å². The van der Waals surface area contributed by atoms with Gasteiger partial charge in [-0.3, -0.25) is 5.01 Å². The number of hydrogen-bond acceptors (Lipinski definition) is 5. The molecule has 17 heteroatoms. The van der Waals surface area contributed by atoms with Gasteiger partial charge < -0.3 is 14.7 Å².